The molecule has 5 aliphatic heterocycles. The van der Waals surface area contributed by atoms with Crippen LogP contribution in [0.25, 0.3) is 10.9 Å². The van der Waals surface area contributed by atoms with E-state index in [0.29, 0.717) is 54.7 Å². The van der Waals surface area contributed by atoms with Crippen LogP contribution in [0.1, 0.15) is 163 Å². The maximum Gasteiger partial charge on any atom is 0.317 e. The van der Waals surface area contributed by atoms with Gasteiger partial charge in [-0.1, -0.05) is 84.6 Å². The lowest BCUT2D eigenvalue weighted by Crippen LogP contribution is -2.59. The molecule has 21 heteroatoms. The van der Waals surface area contributed by atoms with Crippen LogP contribution in [-0.4, -0.2) is 128 Å². The number of fused-ring (bicyclic) bond motifs is 3. The standard InChI is InChI=1S/C65H69F2N9O10/c1-65(66,67)43-20-23-48-42(34-43)35-51(70-48)58(80)72-50-24-21-44(36-45-22-26-52(75(45)62(50)84)59(81)71-49(25-28-55(68)78)54(77)37-47(39-13-6-3-7-14-39)40-15-8-4-9-16-40)69-64(86)74-32-30-38(31-33-74)12-5-2-10-17-41-18-11-19-46-57(41)63(85)76(61(46)83)53-27-29-56(79)73-60(53)82/h3-4,6-9,11,13-16,18-20,23,34-35,38,44-45,47,49-50,52-53,70H,2,5,12,21-22,24-33,36-37H2,1H3,(H2,68,78)(H,69,86)(H,71,81)(H,72,80)(H,73,79,82)/t44-,45-,49+,50+,52+,53?/m1/s1. The summed E-state index contributed by atoms with van der Waals surface area (Å²) in [5, 5.41) is 11.5. The molecule has 0 spiro atoms. The van der Waals surface area contributed by atoms with Gasteiger partial charge in [-0.05, 0) is 118 Å². The number of hydrogen-bond acceptors (Lipinski definition) is 10. The molecule has 4 saturated heterocycles. The summed E-state index contributed by atoms with van der Waals surface area (Å²) in [5.41, 5.74) is 8.25. The Morgan fingerprint density at radius 2 is 1.52 bits per heavy atom. The van der Waals surface area contributed by atoms with E-state index in [1.807, 2.05) is 60.7 Å². The smallest absolute Gasteiger partial charge is 0.317 e. The molecule has 5 aliphatic rings. The third-order valence-corrected chi connectivity index (χ3v) is 17.4. The van der Waals surface area contributed by atoms with Crippen LogP contribution in [0, 0.1) is 17.8 Å². The highest BCUT2D eigenvalue weighted by Gasteiger charge is 2.48. The predicted octanol–water partition coefficient (Wildman–Crippen LogP) is 6.88. The molecule has 7 N–H and O–H groups in total. The van der Waals surface area contributed by atoms with Gasteiger partial charge in [0, 0.05) is 85.7 Å². The van der Waals surface area contributed by atoms with Gasteiger partial charge in [0.05, 0.1) is 17.2 Å². The number of unbranched alkanes of at least 4 members (excludes halogenated alkanes) is 1. The highest BCUT2D eigenvalue weighted by Crippen LogP contribution is 2.36. The molecule has 86 heavy (non-hydrogen) atoms. The topological polar surface area (TPSA) is 270 Å². The largest absolute Gasteiger partial charge is 0.370 e. The summed E-state index contributed by atoms with van der Waals surface area (Å²) < 4.78 is 28.6. The van der Waals surface area contributed by atoms with Crippen LogP contribution < -0.4 is 27.0 Å². The Kier molecular flexibility index (Phi) is 18.2. The molecule has 0 aliphatic carbocycles. The number of piperidine rings is 2. The molecule has 0 bridgehead atoms. The molecular formula is C65H69F2N9O10. The van der Waals surface area contributed by atoms with E-state index < -0.39 is 89.4 Å². The number of benzene rings is 4. The number of hydrogen-bond donors (Lipinski definition) is 6. The number of likely N-dealkylation sites (tertiary alicyclic amines) is 1. The minimum atomic E-state index is -3.13. The molecular weight excluding hydrogens is 1100 g/mol. The molecule has 10 rings (SSSR count). The number of Topliss-reactive ketones (excluding diaryl/α,β-unsaturated/α-hetero) is 1. The normalized spacial score (nSPS) is 21.2. The van der Waals surface area contributed by atoms with Crippen molar-refractivity contribution in [3.8, 4) is 11.8 Å². The van der Waals surface area contributed by atoms with Gasteiger partial charge in [-0.2, -0.15) is 0 Å². The SMILES string of the molecule is CC(F)(F)c1ccc2[nH]c(C(=O)N[C@H]3CC[C@@H](NC(=O)N4CCC(CCCC#Cc5cccc6c5C(=O)N(C5CCC(=O)NC5=O)C6=O)CC4)C[C@H]4CC[C@@H](C(=O)N[C@@H](CCC(N)=O)C(=O)CC(c5ccccc5)c5ccccc5)N4C3=O)cc2c1. The molecule has 6 heterocycles. The number of primary amides is 1. The molecule has 6 atom stereocenters. The van der Waals surface area contributed by atoms with Crippen molar-refractivity contribution in [2.75, 3.05) is 13.1 Å². The van der Waals surface area contributed by atoms with Crippen LogP contribution >= 0.6 is 0 Å². The van der Waals surface area contributed by atoms with Gasteiger partial charge in [-0.15, -0.1) is 0 Å². The summed E-state index contributed by atoms with van der Waals surface area (Å²) in [6.07, 6.45) is 4.53. The Labute approximate surface area is 495 Å². The summed E-state index contributed by atoms with van der Waals surface area (Å²) in [6, 6.07) is 23.3. The van der Waals surface area contributed by atoms with E-state index in [0.717, 1.165) is 48.6 Å². The number of nitrogens with zero attached hydrogens (tertiary/aromatic N) is 3. The molecule has 448 valence electrons. The van der Waals surface area contributed by atoms with E-state index in [9.17, 15) is 56.7 Å². The third-order valence-electron chi connectivity index (χ3n) is 17.4. The minimum Gasteiger partial charge on any atom is -0.370 e. The number of H-pyrrole nitrogens is 1. The van der Waals surface area contributed by atoms with Crippen molar-refractivity contribution in [3.63, 3.8) is 0 Å². The molecule has 1 aromatic heterocycles. The van der Waals surface area contributed by atoms with Crippen molar-refractivity contribution >= 4 is 70.0 Å². The number of alkyl halides is 2. The fourth-order valence-electron chi connectivity index (χ4n) is 12.8. The zero-order chi connectivity index (χ0) is 60.8. The second kappa shape index (κ2) is 26.1. The molecule has 10 amide bonds. The number of amides is 10. The zero-order valence-corrected chi connectivity index (χ0v) is 47.7. The van der Waals surface area contributed by atoms with E-state index >= 15 is 0 Å². The van der Waals surface area contributed by atoms with Crippen molar-refractivity contribution in [2.24, 2.45) is 11.7 Å². The average molecular weight is 1170 g/mol. The van der Waals surface area contributed by atoms with E-state index in [-0.39, 0.29) is 91.5 Å². The van der Waals surface area contributed by atoms with Crippen molar-refractivity contribution in [2.45, 2.75) is 151 Å². The van der Waals surface area contributed by atoms with Gasteiger partial charge in [0.2, 0.25) is 29.5 Å². The highest BCUT2D eigenvalue weighted by atomic mass is 19.3. The summed E-state index contributed by atoms with van der Waals surface area (Å²) in [7, 11) is 0. The molecule has 19 nitrogen and oxygen atoms in total. The molecule has 5 aromatic rings. The summed E-state index contributed by atoms with van der Waals surface area (Å²) >= 11 is 0. The van der Waals surface area contributed by atoms with E-state index in [4.69, 9.17) is 5.73 Å². The van der Waals surface area contributed by atoms with Crippen LogP contribution in [0.3, 0.4) is 0 Å². The van der Waals surface area contributed by atoms with E-state index in [1.165, 1.54) is 35.2 Å². The van der Waals surface area contributed by atoms with Crippen molar-refractivity contribution in [3.05, 3.63) is 142 Å². The second-order valence-electron chi connectivity index (χ2n) is 23.3. The fourth-order valence-corrected chi connectivity index (χ4v) is 12.8. The first kappa shape index (κ1) is 60.1. The predicted molar refractivity (Wildman–Crippen MR) is 312 cm³/mol. The molecule has 0 saturated carbocycles. The van der Waals surface area contributed by atoms with E-state index in [1.54, 1.807) is 17.0 Å². The van der Waals surface area contributed by atoms with Crippen LogP contribution in [0.15, 0.2) is 103 Å². The first-order chi connectivity index (χ1) is 41.3. The average Bonchev–Trinajstić information content (AvgIpc) is 1.90. The number of aromatic nitrogens is 1. The maximum atomic E-state index is 15.0. The number of carbonyl (C=O) groups excluding carboxylic acids is 10. The van der Waals surface area contributed by atoms with Gasteiger partial charge >= 0.3 is 6.03 Å². The van der Waals surface area contributed by atoms with Crippen molar-refractivity contribution in [1.82, 2.24) is 41.0 Å². The first-order valence-electron chi connectivity index (χ1n) is 29.6. The fraction of sp³-hybridized carbons (Fsp3) is 0.415. The first-order valence-corrected chi connectivity index (χ1v) is 29.6. The van der Waals surface area contributed by atoms with Crippen LogP contribution in [0.2, 0.25) is 0 Å². The number of carbonyl (C=O) groups is 10. The van der Waals surface area contributed by atoms with Crippen molar-refractivity contribution in [1.29, 1.82) is 0 Å². The van der Waals surface area contributed by atoms with Crippen LogP contribution in [-0.2, 0) is 34.7 Å². The van der Waals surface area contributed by atoms with Gasteiger partial charge < -0.3 is 36.5 Å². The summed E-state index contributed by atoms with van der Waals surface area (Å²) in [4.78, 5) is 143. The Bertz CT molecular complexity index is 3490. The number of urea groups is 1. The number of halogens is 2. The number of imide groups is 2. The lowest BCUT2D eigenvalue weighted by atomic mass is 9.85. The van der Waals surface area contributed by atoms with Gasteiger partial charge in [-0.3, -0.25) is 53.4 Å². The number of aromatic amines is 1. The molecule has 4 aromatic carbocycles. The van der Waals surface area contributed by atoms with E-state index in [2.05, 4.69) is 38.1 Å². The Morgan fingerprint density at radius 3 is 2.21 bits per heavy atom. The van der Waals surface area contributed by atoms with Gasteiger partial charge in [-0.25, -0.2) is 13.6 Å². The Hall–Kier alpha value is -9.06. The van der Waals surface area contributed by atoms with Crippen LogP contribution in [0.5, 0.6) is 0 Å². The molecule has 1 unspecified atom stereocenters. The second-order valence-corrected chi connectivity index (χ2v) is 23.3. The van der Waals surface area contributed by atoms with Gasteiger partial charge in [0.25, 0.3) is 23.6 Å². The number of ketones is 1. The number of nitrogens with one attached hydrogen (secondary N) is 5. The van der Waals surface area contributed by atoms with Gasteiger partial charge in [0.1, 0.15) is 23.8 Å². The summed E-state index contributed by atoms with van der Waals surface area (Å²) in [5.74, 6) is -2.20. The minimum absolute atomic E-state index is 0.0150. The quantitative estimate of drug-likeness (QED) is 0.0301. The zero-order valence-electron chi connectivity index (χ0n) is 47.7. The van der Waals surface area contributed by atoms with Crippen molar-refractivity contribution < 1.29 is 56.7 Å². The van der Waals surface area contributed by atoms with Gasteiger partial charge in [0.15, 0.2) is 5.78 Å². The Morgan fingerprint density at radius 1 is 0.802 bits per heavy atom. The third kappa shape index (κ3) is 13.5. The lowest BCUT2D eigenvalue weighted by molar-refractivity contribution is -0.143. The monoisotopic (exact) mass is 1170 g/mol. The Balaban J connectivity index is 0.795. The molecule has 0 radical (unpaired) electrons. The number of nitrogens with two attached hydrogens (primary N) is 1. The summed E-state index contributed by atoms with van der Waals surface area (Å²) in [6.45, 7) is 1.74. The van der Waals surface area contributed by atoms with Crippen LogP contribution in [0.4, 0.5) is 13.6 Å². The maximum absolute atomic E-state index is 15.0. The number of rotatable bonds is 18. The molecule has 4 fully saturated rings. The highest BCUT2D eigenvalue weighted by molar-refractivity contribution is 6.24. The lowest BCUT2D eigenvalue weighted by Gasteiger charge is -2.39.